The van der Waals surface area contributed by atoms with Crippen LogP contribution in [0, 0.1) is 10.1 Å². The Hall–Kier alpha value is -3.62. The van der Waals surface area contributed by atoms with Crippen molar-refractivity contribution in [3.63, 3.8) is 0 Å². The van der Waals surface area contributed by atoms with Gasteiger partial charge in [0.15, 0.2) is 5.76 Å². The third-order valence-electron chi connectivity index (χ3n) is 4.12. The zero-order chi connectivity index (χ0) is 21.3. The van der Waals surface area contributed by atoms with Crippen LogP contribution in [0.4, 0.5) is 5.69 Å². The van der Waals surface area contributed by atoms with Gasteiger partial charge in [-0.25, -0.2) is 5.43 Å². The molecule has 0 spiro atoms. The normalized spacial score (nSPS) is 11.3. The first-order valence-electron chi connectivity index (χ1n) is 8.47. The highest BCUT2D eigenvalue weighted by Gasteiger charge is 2.14. The quantitative estimate of drug-likeness (QED) is 0.242. The maximum absolute atomic E-state index is 12.2. The number of furan rings is 2. The number of halogens is 2. The smallest absolute Gasteiger partial charge is 0.307 e. The Bertz CT molecular complexity index is 1310. The molecule has 2 aromatic heterocycles. The fourth-order valence-electron chi connectivity index (χ4n) is 2.69. The number of benzene rings is 2. The molecule has 0 aliphatic heterocycles. The van der Waals surface area contributed by atoms with E-state index in [2.05, 4.69) is 10.5 Å². The zero-order valence-electron chi connectivity index (χ0n) is 15.0. The minimum atomic E-state index is -0.610. The van der Waals surface area contributed by atoms with Crippen LogP contribution in [-0.4, -0.2) is 17.0 Å². The topological polar surface area (TPSA) is 111 Å². The van der Waals surface area contributed by atoms with E-state index in [1.807, 2.05) is 0 Å². The molecule has 0 fully saturated rings. The molecule has 0 aliphatic rings. The first kappa shape index (κ1) is 19.7. The van der Waals surface area contributed by atoms with Crippen molar-refractivity contribution in [3.8, 4) is 11.3 Å². The Labute approximate surface area is 178 Å². The van der Waals surface area contributed by atoms with Gasteiger partial charge in [0.05, 0.1) is 21.2 Å². The SMILES string of the molecule is O=C(N/N=C/c1ccc(-c2ccc(Cl)c(Cl)c2)o1)c1cc2cc([N+](=O)[O-])ccc2o1. The standard InChI is InChI=1S/C20H11Cl2N3O5/c21-15-4-1-11(8-16(15)22)17-6-3-14(29-17)10-23-24-20(26)19-9-12-7-13(25(27)28)2-5-18(12)30-19/h1-10H,(H,24,26)/b23-10+. The summed E-state index contributed by atoms with van der Waals surface area (Å²) in [5, 5.41) is 16.0. The molecule has 8 nitrogen and oxygen atoms in total. The number of rotatable bonds is 5. The lowest BCUT2D eigenvalue weighted by Gasteiger charge is -1.99. The summed E-state index contributed by atoms with van der Waals surface area (Å²) in [7, 11) is 0. The molecular formula is C20H11Cl2N3O5. The average molecular weight is 444 g/mol. The molecule has 0 unspecified atom stereocenters. The van der Waals surface area contributed by atoms with Crippen molar-refractivity contribution < 1.29 is 18.6 Å². The predicted octanol–water partition coefficient (Wildman–Crippen LogP) is 5.67. The van der Waals surface area contributed by atoms with E-state index in [4.69, 9.17) is 32.0 Å². The number of carbonyl (C=O) groups excluding carboxylic acids is 1. The fraction of sp³-hybridized carbons (Fsp3) is 0. The minimum absolute atomic E-state index is 0.0291. The van der Waals surface area contributed by atoms with Gasteiger partial charge < -0.3 is 8.83 Å². The summed E-state index contributed by atoms with van der Waals surface area (Å²) in [4.78, 5) is 22.5. The van der Waals surface area contributed by atoms with Gasteiger partial charge in [-0.15, -0.1) is 0 Å². The van der Waals surface area contributed by atoms with Gasteiger partial charge in [0.1, 0.15) is 17.1 Å². The highest BCUT2D eigenvalue weighted by molar-refractivity contribution is 6.42. The van der Waals surface area contributed by atoms with Gasteiger partial charge in [-0.2, -0.15) is 5.10 Å². The van der Waals surface area contributed by atoms with Crippen LogP contribution in [0.3, 0.4) is 0 Å². The summed E-state index contributed by atoms with van der Waals surface area (Å²) in [6.07, 6.45) is 1.33. The van der Waals surface area contributed by atoms with E-state index in [9.17, 15) is 14.9 Å². The number of nitro groups is 1. The van der Waals surface area contributed by atoms with Gasteiger partial charge in [-0.1, -0.05) is 23.2 Å². The number of fused-ring (bicyclic) bond motifs is 1. The number of amides is 1. The molecule has 0 bridgehead atoms. The number of nitro benzene ring substituents is 1. The number of hydrazone groups is 1. The van der Waals surface area contributed by atoms with E-state index in [0.717, 1.165) is 5.56 Å². The highest BCUT2D eigenvalue weighted by Crippen LogP contribution is 2.29. The molecule has 4 rings (SSSR count). The third kappa shape index (κ3) is 4.05. The van der Waals surface area contributed by atoms with Crippen molar-refractivity contribution in [2.45, 2.75) is 0 Å². The second-order valence-corrected chi connectivity index (χ2v) is 6.93. The molecule has 1 N–H and O–H groups in total. The second-order valence-electron chi connectivity index (χ2n) is 6.12. The third-order valence-corrected chi connectivity index (χ3v) is 4.86. The minimum Gasteiger partial charge on any atom is -0.455 e. The van der Waals surface area contributed by atoms with Gasteiger partial charge in [0, 0.05) is 23.1 Å². The molecule has 2 heterocycles. The summed E-state index contributed by atoms with van der Waals surface area (Å²) >= 11 is 11.9. The Balaban J connectivity index is 1.45. The number of nitrogens with zero attached hydrogens (tertiary/aromatic N) is 2. The molecule has 2 aromatic carbocycles. The van der Waals surface area contributed by atoms with Gasteiger partial charge in [0.2, 0.25) is 0 Å². The molecule has 0 saturated carbocycles. The van der Waals surface area contributed by atoms with E-state index in [1.165, 1.54) is 30.5 Å². The Morgan fingerprint density at radius 1 is 1.03 bits per heavy atom. The molecule has 0 atom stereocenters. The van der Waals surface area contributed by atoms with Crippen LogP contribution in [0.15, 0.2) is 68.5 Å². The number of nitrogens with one attached hydrogen (secondary N) is 1. The monoisotopic (exact) mass is 443 g/mol. The van der Waals surface area contributed by atoms with Gasteiger partial charge in [-0.05, 0) is 42.5 Å². The lowest BCUT2D eigenvalue weighted by molar-refractivity contribution is -0.384. The molecule has 1 amide bonds. The van der Waals surface area contributed by atoms with Crippen LogP contribution >= 0.6 is 23.2 Å². The summed E-state index contributed by atoms with van der Waals surface area (Å²) < 4.78 is 11.0. The van der Waals surface area contributed by atoms with Crippen LogP contribution in [0.25, 0.3) is 22.3 Å². The van der Waals surface area contributed by atoms with E-state index >= 15 is 0 Å². The van der Waals surface area contributed by atoms with E-state index in [0.29, 0.717) is 32.5 Å². The Kier molecular flexibility index (Phi) is 5.26. The van der Waals surface area contributed by atoms with Crippen LogP contribution in [0.2, 0.25) is 10.0 Å². The second kappa shape index (κ2) is 8.02. The van der Waals surface area contributed by atoms with E-state index in [1.54, 1.807) is 30.3 Å². The van der Waals surface area contributed by atoms with Crippen molar-refractivity contribution in [2.75, 3.05) is 0 Å². The van der Waals surface area contributed by atoms with Gasteiger partial charge in [0.25, 0.3) is 5.69 Å². The van der Waals surface area contributed by atoms with Crippen molar-refractivity contribution >= 4 is 52.0 Å². The first-order chi connectivity index (χ1) is 14.4. The molecule has 30 heavy (non-hydrogen) atoms. The highest BCUT2D eigenvalue weighted by atomic mass is 35.5. The molecule has 10 heteroatoms. The molecule has 150 valence electrons. The van der Waals surface area contributed by atoms with Crippen LogP contribution < -0.4 is 5.43 Å². The summed E-state index contributed by atoms with van der Waals surface area (Å²) in [6.45, 7) is 0. The number of hydrogen-bond acceptors (Lipinski definition) is 6. The molecular weight excluding hydrogens is 433 g/mol. The maximum Gasteiger partial charge on any atom is 0.307 e. The molecule has 0 radical (unpaired) electrons. The Morgan fingerprint density at radius 3 is 2.63 bits per heavy atom. The van der Waals surface area contributed by atoms with Crippen molar-refractivity contribution in [2.24, 2.45) is 5.10 Å². The maximum atomic E-state index is 12.2. The van der Waals surface area contributed by atoms with Crippen molar-refractivity contribution in [1.29, 1.82) is 0 Å². The molecule has 0 saturated heterocycles. The summed E-state index contributed by atoms with van der Waals surface area (Å²) in [6, 6.07) is 14.0. The Morgan fingerprint density at radius 2 is 1.87 bits per heavy atom. The lowest BCUT2D eigenvalue weighted by atomic mass is 10.2. The fourth-order valence-corrected chi connectivity index (χ4v) is 2.99. The zero-order valence-corrected chi connectivity index (χ0v) is 16.5. The molecule has 0 aliphatic carbocycles. The summed E-state index contributed by atoms with van der Waals surface area (Å²) in [5.41, 5.74) is 3.32. The van der Waals surface area contributed by atoms with Crippen LogP contribution in [0.1, 0.15) is 16.3 Å². The average Bonchev–Trinajstić information content (AvgIpc) is 3.36. The molecule has 4 aromatic rings. The largest absolute Gasteiger partial charge is 0.455 e. The van der Waals surface area contributed by atoms with Crippen molar-refractivity contribution in [3.05, 3.63) is 86.3 Å². The number of hydrogen-bond donors (Lipinski definition) is 1. The first-order valence-corrected chi connectivity index (χ1v) is 9.23. The van der Waals surface area contributed by atoms with Crippen molar-refractivity contribution in [1.82, 2.24) is 5.43 Å². The lowest BCUT2D eigenvalue weighted by Crippen LogP contribution is -2.16. The van der Waals surface area contributed by atoms with E-state index < -0.39 is 10.8 Å². The predicted molar refractivity (Wildman–Crippen MR) is 112 cm³/mol. The van der Waals surface area contributed by atoms with Crippen LogP contribution in [0.5, 0.6) is 0 Å². The van der Waals surface area contributed by atoms with E-state index in [-0.39, 0.29) is 11.4 Å². The summed E-state index contributed by atoms with van der Waals surface area (Å²) in [5.74, 6) is 0.316. The van der Waals surface area contributed by atoms with Gasteiger partial charge >= 0.3 is 5.91 Å². The number of non-ortho nitro benzene ring substituents is 1. The van der Waals surface area contributed by atoms with Gasteiger partial charge in [-0.3, -0.25) is 14.9 Å². The number of carbonyl (C=O) groups is 1. The van der Waals surface area contributed by atoms with Crippen LogP contribution in [-0.2, 0) is 0 Å².